The van der Waals surface area contributed by atoms with Crippen molar-refractivity contribution in [3.8, 4) is 12.3 Å². The summed E-state index contributed by atoms with van der Waals surface area (Å²) in [5.74, 6) is 3.26. The number of nitrogens with one attached hydrogen (secondary N) is 2. The van der Waals surface area contributed by atoms with Crippen LogP contribution < -0.4 is 10.6 Å². The maximum Gasteiger partial charge on any atom is 0.407 e. The van der Waals surface area contributed by atoms with E-state index in [4.69, 9.17) is 16.3 Å². The Hall–Kier alpha value is -3.63. The third kappa shape index (κ3) is 25.0. The minimum absolute atomic E-state index is 0.00387. The summed E-state index contributed by atoms with van der Waals surface area (Å²) in [6, 6.07) is 8.46. The molecule has 1 unspecified atom stereocenters. The number of alkyl carbamates (subject to hydrolysis) is 1. The smallest absolute Gasteiger partial charge is 0.407 e. The number of ether oxygens (including phenoxy) is 1. The molecule has 0 bridgehead atoms. The van der Waals surface area contributed by atoms with Crippen molar-refractivity contribution in [3.05, 3.63) is 66.3 Å². The van der Waals surface area contributed by atoms with Crippen LogP contribution in [0.25, 0.3) is 5.57 Å². The number of benzene rings is 1. The van der Waals surface area contributed by atoms with Gasteiger partial charge in [-0.2, -0.15) is 0 Å². The van der Waals surface area contributed by atoms with Crippen LogP contribution in [0.5, 0.6) is 0 Å². The van der Waals surface area contributed by atoms with E-state index >= 15 is 0 Å². The fourth-order valence-electron chi connectivity index (χ4n) is 5.57. The minimum atomic E-state index is -0.334. The zero-order valence-corrected chi connectivity index (χ0v) is 32.9. The summed E-state index contributed by atoms with van der Waals surface area (Å²) in [7, 11) is 0. The van der Waals surface area contributed by atoms with Crippen LogP contribution in [-0.2, 0) is 14.3 Å². The topological polar surface area (TPSA) is 105 Å². The Labute approximate surface area is 312 Å². The van der Waals surface area contributed by atoms with Gasteiger partial charge in [0, 0.05) is 31.4 Å². The van der Waals surface area contributed by atoms with Crippen LogP contribution in [0.3, 0.4) is 0 Å². The zero-order chi connectivity index (χ0) is 38.5. The van der Waals surface area contributed by atoms with Crippen LogP contribution in [0.1, 0.15) is 154 Å². The van der Waals surface area contributed by atoms with Crippen molar-refractivity contribution in [3.63, 3.8) is 0 Å². The number of rotatable bonds is 19. The van der Waals surface area contributed by atoms with Crippen molar-refractivity contribution < 1.29 is 24.2 Å². The molecule has 1 aromatic rings. The van der Waals surface area contributed by atoms with Gasteiger partial charge in [0.25, 0.3) is 0 Å². The van der Waals surface area contributed by atoms with Gasteiger partial charge < -0.3 is 25.3 Å². The van der Waals surface area contributed by atoms with Crippen molar-refractivity contribution in [1.29, 1.82) is 0 Å². The van der Waals surface area contributed by atoms with Gasteiger partial charge in [-0.05, 0) is 61.8 Å². The Morgan fingerprint density at radius 3 is 2.04 bits per heavy atom. The van der Waals surface area contributed by atoms with Gasteiger partial charge in [0.1, 0.15) is 12.9 Å². The quantitative estimate of drug-likeness (QED) is 0.0574. The highest BCUT2D eigenvalue weighted by atomic mass is 16.5. The van der Waals surface area contributed by atoms with E-state index in [1.54, 1.807) is 6.92 Å². The molecule has 1 aromatic carbocycles. The van der Waals surface area contributed by atoms with Gasteiger partial charge in [-0.1, -0.05) is 128 Å². The van der Waals surface area contributed by atoms with Crippen molar-refractivity contribution in [2.24, 2.45) is 5.92 Å². The number of carbonyl (C=O) groups is 3. The molecule has 3 N–H and O–H groups in total. The summed E-state index contributed by atoms with van der Waals surface area (Å²) in [5.41, 5.74) is 5.36. The molecule has 7 heteroatoms. The lowest BCUT2D eigenvalue weighted by Gasteiger charge is -2.16. The number of aliphatic hydroxyl groups is 1. The van der Waals surface area contributed by atoms with E-state index in [0.717, 1.165) is 38.4 Å². The lowest BCUT2D eigenvalue weighted by Crippen LogP contribution is -2.25. The molecule has 0 saturated heterocycles. The molecule has 2 aliphatic rings. The first-order chi connectivity index (χ1) is 24.8. The minimum Gasteiger partial charge on any atom is -0.449 e. The Morgan fingerprint density at radius 2 is 1.53 bits per heavy atom. The molecule has 3 rings (SSSR count). The largest absolute Gasteiger partial charge is 0.449 e. The summed E-state index contributed by atoms with van der Waals surface area (Å²) in [5, 5.41) is 12.8. The molecule has 51 heavy (non-hydrogen) atoms. The molecule has 0 fully saturated rings. The van der Waals surface area contributed by atoms with Gasteiger partial charge in [0.2, 0.25) is 5.91 Å². The number of terminal acetylenes is 1. The Morgan fingerprint density at radius 1 is 0.961 bits per heavy atom. The van der Waals surface area contributed by atoms with Crippen LogP contribution in [0.4, 0.5) is 4.79 Å². The van der Waals surface area contributed by atoms with Crippen molar-refractivity contribution in [1.82, 2.24) is 10.6 Å². The lowest BCUT2D eigenvalue weighted by atomic mass is 9.93. The first kappa shape index (κ1) is 49.5. The number of hydrogen-bond donors (Lipinski definition) is 3. The molecular weight excluding hydrogens is 636 g/mol. The predicted octanol–water partition coefficient (Wildman–Crippen LogP) is 10.5. The van der Waals surface area contributed by atoms with Gasteiger partial charge in [0.05, 0.1) is 6.54 Å². The second-order valence-electron chi connectivity index (χ2n) is 12.5. The molecule has 2 atom stereocenters. The second kappa shape index (κ2) is 36.2. The van der Waals surface area contributed by atoms with E-state index in [2.05, 4.69) is 80.0 Å². The van der Waals surface area contributed by atoms with Crippen LogP contribution >= 0.6 is 0 Å². The van der Waals surface area contributed by atoms with E-state index in [0.29, 0.717) is 25.5 Å². The highest BCUT2D eigenvalue weighted by Crippen LogP contribution is 2.46. The summed E-state index contributed by atoms with van der Waals surface area (Å²) in [4.78, 5) is 32.8. The van der Waals surface area contributed by atoms with E-state index in [9.17, 15) is 14.4 Å². The Bertz CT molecular complexity index is 1140. The molecule has 288 valence electrons. The van der Waals surface area contributed by atoms with Gasteiger partial charge in [-0.25, -0.2) is 4.79 Å². The third-order valence-electron chi connectivity index (χ3n) is 8.48. The van der Waals surface area contributed by atoms with E-state index < -0.39 is 0 Å². The zero-order valence-electron chi connectivity index (χ0n) is 32.9. The number of aliphatic hydroxyl groups excluding tert-OH is 1. The van der Waals surface area contributed by atoms with E-state index in [1.165, 1.54) is 86.5 Å². The van der Waals surface area contributed by atoms with Crippen LogP contribution in [0, 0.1) is 18.3 Å². The maximum atomic E-state index is 11.5. The van der Waals surface area contributed by atoms with Gasteiger partial charge in [0.15, 0.2) is 0 Å². The monoisotopic (exact) mass is 709 g/mol. The normalized spacial score (nSPS) is 13.7. The summed E-state index contributed by atoms with van der Waals surface area (Å²) in [6.07, 6.45) is 29.3. The molecule has 0 aromatic heterocycles. The standard InChI is InChI=1S/C17H19NO2.C17H33NO2.C6H10.C2H6O.C2H4/c1-2-18-17(19)20-11-16-14-9-5-3-7-12(14)13-8-4-6-10-15(13)16;1-2-3-4-5-6-7-8-9-10-11-12-13-14-17(20)18-15-16-19;1-4-6(3)5-2;1-2-3;1-2/h3,5-7,9-10,16H,2,4,8,11H2,1H3,(H,18,19);16H,2-15H2,1H3,(H,18,20);1,6H,5H2,2-3H3;3H,2H2,1H3;1-2H2/t;;6-;;/m..1../s1. The van der Waals surface area contributed by atoms with Gasteiger partial charge >= 0.3 is 6.09 Å². The number of amides is 2. The van der Waals surface area contributed by atoms with Crippen LogP contribution in [0.2, 0.25) is 0 Å². The number of allylic oxidation sites excluding steroid dienone is 3. The number of fused-ring (bicyclic) bond motifs is 2. The summed E-state index contributed by atoms with van der Waals surface area (Å²) >= 11 is 0. The summed E-state index contributed by atoms with van der Waals surface area (Å²) < 4.78 is 5.35. The van der Waals surface area contributed by atoms with Crippen LogP contribution in [0.15, 0.2) is 55.1 Å². The fourth-order valence-corrected chi connectivity index (χ4v) is 5.57. The number of aldehydes is 1. The molecule has 2 amide bonds. The molecule has 0 heterocycles. The number of hydrogen-bond acceptors (Lipinski definition) is 5. The average Bonchev–Trinajstić information content (AvgIpc) is 3.48. The molecule has 7 nitrogen and oxygen atoms in total. The molecule has 2 aliphatic carbocycles. The summed E-state index contributed by atoms with van der Waals surface area (Å²) in [6.45, 7) is 17.4. The first-order valence-corrected chi connectivity index (χ1v) is 19.5. The van der Waals surface area contributed by atoms with E-state index in [1.807, 2.05) is 13.8 Å². The maximum absolute atomic E-state index is 11.5. The fraction of sp³-hybridized carbons (Fsp3) is 0.614. The van der Waals surface area contributed by atoms with Crippen LogP contribution in [-0.4, -0.2) is 49.7 Å². The van der Waals surface area contributed by atoms with Gasteiger partial charge in [-0.15, -0.1) is 25.5 Å². The molecule has 0 saturated carbocycles. The Kier molecular flexibility index (Phi) is 35.1. The Balaban J connectivity index is 0. The lowest BCUT2D eigenvalue weighted by molar-refractivity contribution is -0.122. The van der Waals surface area contributed by atoms with Crippen molar-refractivity contribution >= 4 is 23.9 Å². The molecule has 0 spiro atoms. The number of carbonyl (C=O) groups excluding carboxylic acids is 3. The predicted molar refractivity (Wildman–Crippen MR) is 217 cm³/mol. The van der Waals surface area contributed by atoms with Crippen molar-refractivity contribution in [2.75, 3.05) is 26.3 Å². The highest BCUT2D eigenvalue weighted by Gasteiger charge is 2.31. The molecule has 0 radical (unpaired) electrons. The van der Waals surface area contributed by atoms with Gasteiger partial charge in [-0.3, -0.25) is 4.79 Å². The third-order valence-corrected chi connectivity index (χ3v) is 8.48. The second-order valence-corrected chi connectivity index (χ2v) is 12.5. The average molecular weight is 709 g/mol. The highest BCUT2D eigenvalue weighted by molar-refractivity contribution is 5.81. The first-order valence-electron chi connectivity index (χ1n) is 19.5. The molecular formula is C44H72N2O5. The van der Waals surface area contributed by atoms with E-state index in [-0.39, 0.29) is 31.1 Å². The van der Waals surface area contributed by atoms with Crippen molar-refractivity contribution in [2.45, 2.75) is 143 Å². The molecule has 0 aliphatic heterocycles. The number of unbranched alkanes of at least 4 members (excludes halogenated alkanes) is 11. The SMILES string of the molecule is C#C[C@@H](C)CC.C=C.CCCCCCCCCCCCCCC(=O)NCC=O.CCNC(=O)OCC1C2=C(CCC=C2)c2ccccc21.CCO.